The zero-order chi connectivity index (χ0) is 15.6. The van der Waals surface area contributed by atoms with E-state index >= 15 is 0 Å². The molecular formula is C11H14F3NO3S2. The van der Waals surface area contributed by atoms with Gasteiger partial charge in [-0.25, -0.2) is 26.3 Å². The lowest BCUT2D eigenvalue weighted by molar-refractivity contribution is 0.0908. The summed E-state index contributed by atoms with van der Waals surface area (Å²) in [5.74, 6) is -4.04. The van der Waals surface area contributed by atoms with E-state index in [2.05, 4.69) is 0 Å². The van der Waals surface area contributed by atoms with Gasteiger partial charge in [-0.05, 0) is 13.2 Å². The molecule has 0 saturated carbocycles. The normalized spacial score (nSPS) is 15.1. The first-order valence-corrected chi connectivity index (χ1v) is 8.32. The number of hydrogen-bond donors (Lipinski definition) is 2. The van der Waals surface area contributed by atoms with E-state index in [9.17, 15) is 26.7 Å². The lowest BCUT2D eigenvalue weighted by Gasteiger charge is -2.22. The number of thioether (sulfide) groups is 1. The highest BCUT2D eigenvalue weighted by molar-refractivity contribution is 7.98. The van der Waals surface area contributed by atoms with Crippen molar-refractivity contribution in [2.24, 2.45) is 0 Å². The highest BCUT2D eigenvalue weighted by Gasteiger charge is 2.28. The first kappa shape index (κ1) is 17.3. The Morgan fingerprint density at radius 2 is 1.80 bits per heavy atom. The molecule has 0 amide bonds. The average Bonchev–Trinajstić information content (AvgIpc) is 2.24. The summed E-state index contributed by atoms with van der Waals surface area (Å²) in [6.45, 7) is 0.954. The third-order valence-corrected chi connectivity index (χ3v) is 4.69. The molecule has 0 aromatic heterocycles. The van der Waals surface area contributed by atoms with Gasteiger partial charge in [0.2, 0.25) is 10.0 Å². The molecule has 0 aliphatic rings. The van der Waals surface area contributed by atoms with Crippen LogP contribution in [0.25, 0.3) is 0 Å². The molecule has 0 aliphatic carbocycles. The minimum atomic E-state index is -4.53. The molecule has 1 atom stereocenters. The number of sulfonamides is 1. The molecule has 9 heteroatoms. The molecule has 2 N–H and O–H groups in total. The fraction of sp³-hybridized carbons (Fsp3) is 0.455. The van der Waals surface area contributed by atoms with E-state index in [1.807, 2.05) is 4.72 Å². The fourth-order valence-electron chi connectivity index (χ4n) is 1.47. The molecule has 20 heavy (non-hydrogen) atoms. The molecule has 0 saturated heterocycles. The van der Waals surface area contributed by atoms with Gasteiger partial charge in [0.1, 0.15) is 17.5 Å². The van der Waals surface area contributed by atoms with Crippen molar-refractivity contribution in [3.63, 3.8) is 0 Å². The Bertz CT molecular complexity index is 568. The Morgan fingerprint density at radius 3 is 2.25 bits per heavy atom. The Hall–Kier alpha value is -0.770. The van der Waals surface area contributed by atoms with Crippen molar-refractivity contribution in [1.82, 2.24) is 4.72 Å². The molecule has 4 nitrogen and oxygen atoms in total. The topological polar surface area (TPSA) is 66.4 Å². The second kappa shape index (κ2) is 6.33. The number of aliphatic hydroxyl groups is 1. The highest BCUT2D eigenvalue weighted by atomic mass is 32.2. The number of rotatable bonds is 6. The molecule has 0 radical (unpaired) electrons. The molecule has 1 aromatic carbocycles. The molecule has 0 spiro atoms. The van der Waals surface area contributed by atoms with Crippen molar-refractivity contribution in [2.75, 3.05) is 18.6 Å². The van der Waals surface area contributed by atoms with Gasteiger partial charge < -0.3 is 5.11 Å². The van der Waals surface area contributed by atoms with Crippen LogP contribution in [0.4, 0.5) is 13.2 Å². The van der Waals surface area contributed by atoms with Crippen LogP contribution in [0.2, 0.25) is 0 Å². The zero-order valence-corrected chi connectivity index (χ0v) is 12.4. The van der Waals surface area contributed by atoms with E-state index in [-0.39, 0.29) is 17.9 Å². The van der Waals surface area contributed by atoms with Crippen molar-refractivity contribution >= 4 is 21.8 Å². The summed E-state index contributed by atoms with van der Waals surface area (Å²) in [6, 6.07) is 0.551. The van der Waals surface area contributed by atoms with E-state index in [0.717, 1.165) is 0 Å². The van der Waals surface area contributed by atoms with Gasteiger partial charge in [0.05, 0.1) is 5.60 Å². The number of halogens is 3. The maximum absolute atomic E-state index is 13.4. The first-order chi connectivity index (χ1) is 9.09. The summed E-state index contributed by atoms with van der Waals surface area (Å²) in [5.41, 5.74) is -1.38. The van der Waals surface area contributed by atoms with Crippen molar-refractivity contribution in [1.29, 1.82) is 0 Å². The number of nitrogens with one attached hydrogen (secondary N) is 1. The van der Waals surface area contributed by atoms with Crippen LogP contribution in [0.1, 0.15) is 6.92 Å². The van der Waals surface area contributed by atoms with Gasteiger partial charge in [-0.3, -0.25) is 0 Å². The lowest BCUT2D eigenvalue weighted by atomic mass is 10.1. The first-order valence-electron chi connectivity index (χ1n) is 5.44. The van der Waals surface area contributed by atoms with Crippen molar-refractivity contribution in [3.05, 3.63) is 29.6 Å². The third kappa shape index (κ3) is 4.37. The molecule has 0 fully saturated rings. The second-order valence-corrected chi connectivity index (χ2v) is 7.02. The predicted octanol–water partition coefficient (Wildman–Crippen LogP) is 1.50. The van der Waals surface area contributed by atoms with Crippen LogP contribution in [-0.4, -0.2) is 37.7 Å². The molecular weight excluding hydrogens is 315 g/mol. The minimum absolute atomic E-state index is 0.226. The average molecular weight is 329 g/mol. The summed E-state index contributed by atoms with van der Waals surface area (Å²) < 4.78 is 65.1. The molecule has 1 aromatic rings. The summed E-state index contributed by atoms with van der Waals surface area (Å²) in [5, 5.41) is 9.81. The van der Waals surface area contributed by atoms with Crippen LogP contribution in [0.3, 0.4) is 0 Å². The summed E-state index contributed by atoms with van der Waals surface area (Å²) in [4.78, 5) is -1.26. The summed E-state index contributed by atoms with van der Waals surface area (Å²) in [7, 11) is -4.53. The molecule has 1 rings (SSSR count). The van der Waals surface area contributed by atoms with E-state index in [1.165, 1.54) is 18.7 Å². The molecule has 0 heterocycles. The van der Waals surface area contributed by atoms with Crippen molar-refractivity contribution in [2.45, 2.75) is 17.4 Å². The van der Waals surface area contributed by atoms with Crippen LogP contribution < -0.4 is 4.72 Å². The van der Waals surface area contributed by atoms with Crippen molar-refractivity contribution < 1.29 is 26.7 Å². The van der Waals surface area contributed by atoms with Gasteiger partial charge in [0.15, 0.2) is 4.90 Å². The van der Waals surface area contributed by atoms with Gasteiger partial charge in [0.25, 0.3) is 0 Å². The Labute approximate surface area is 119 Å². The van der Waals surface area contributed by atoms with Gasteiger partial charge in [-0.15, -0.1) is 0 Å². The standard InChI is InChI=1S/C11H14F3NO3S2/c1-11(16,6-19-2)5-15-20(17,18)10-8(13)3-7(12)4-9(10)14/h3-4,15-16H,5-6H2,1-2H3. The molecule has 114 valence electrons. The Kier molecular flexibility index (Phi) is 5.47. The summed E-state index contributed by atoms with van der Waals surface area (Å²) >= 11 is 1.28. The second-order valence-electron chi connectivity index (χ2n) is 4.45. The van der Waals surface area contributed by atoms with Gasteiger partial charge in [-0.2, -0.15) is 11.8 Å². The van der Waals surface area contributed by atoms with Crippen LogP contribution in [0, 0.1) is 17.5 Å². The number of hydrogen-bond acceptors (Lipinski definition) is 4. The van der Waals surface area contributed by atoms with E-state index < -0.39 is 44.5 Å². The minimum Gasteiger partial charge on any atom is -0.388 e. The fourth-order valence-corrected chi connectivity index (χ4v) is 3.47. The van der Waals surface area contributed by atoms with Crippen molar-refractivity contribution in [3.8, 4) is 0 Å². The SMILES string of the molecule is CSCC(C)(O)CNS(=O)(=O)c1c(F)cc(F)cc1F. The quantitative estimate of drug-likeness (QED) is 0.830. The van der Waals surface area contributed by atoms with Crippen LogP contribution >= 0.6 is 11.8 Å². The van der Waals surface area contributed by atoms with Gasteiger partial charge >= 0.3 is 0 Å². The zero-order valence-electron chi connectivity index (χ0n) is 10.8. The highest BCUT2D eigenvalue weighted by Crippen LogP contribution is 2.20. The molecule has 0 aliphatic heterocycles. The van der Waals surface area contributed by atoms with Gasteiger partial charge in [0, 0.05) is 24.4 Å². The molecule has 0 bridgehead atoms. The summed E-state index contributed by atoms with van der Waals surface area (Å²) in [6.07, 6.45) is 1.71. The van der Waals surface area contributed by atoms with E-state index in [0.29, 0.717) is 0 Å². The maximum atomic E-state index is 13.4. The largest absolute Gasteiger partial charge is 0.388 e. The predicted molar refractivity (Wildman–Crippen MR) is 70.5 cm³/mol. The van der Waals surface area contributed by atoms with Crippen LogP contribution in [-0.2, 0) is 10.0 Å². The monoisotopic (exact) mass is 329 g/mol. The lowest BCUT2D eigenvalue weighted by Crippen LogP contribution is -2.42. The van der Waals surface area contributed by atoms with E-state index in [1.54, 1.807) is 6.26 Å². The number of benzene rings is 1. The third-order valence-electron chi connectivity index (χ3n) is 2.33. The molecule has 1 unspecified atom stereocenters. The van der Waals surface area contributed by atoms with Gasteiger partial charge in [-0.1, -0.05) is 0 Å². The van der Waals surface area contributed by atoms with Crippen LogP contribution in [0.5, 0.6) is 0 Å². The maximum Gasteiger partial charge on any atom is 0.246 e. The van der Waals surface area contributed by atoms with Crippen LogP contribution in [0.15, 0.2) is 17.0 Å². The smallest absolute Gasteiger partial charge is 0.246 e. The van der Waals surface area contributed by atoms with E-state index in [4.69, 9.17) is 0 Å². The Morgan fingerprint density at radius 1 is 1.30 bits per heavy atom. The Balaban J connectivity index is 3.01.